The molecule has 0 bridgehead atoms. The Hall–Kier alpha value is -1.36. The number of hydrogen-bond acceptors (Lipinski definition) is 4. The van der Waals surface area contributed by atoms with E-state index in [2.05, 4.69) is 54.5 Å². The molecule has 5 aliphatic carbocycles. The summed E-state index contributed by atoms with van der Waals surface area (Å²) in [6.07, 6.45) is 13.0. The first-order chi connectivity index (χ1) is 18.0. The second kappa shape index (κ2) is 9.33. The molecule has 0 aromatic carbocycles. The fourth-order valence-electron chi connectivity index (χ4n) is 11.1. The lowest BCUT2D eigenvalue weighted by molar-refractivity contribution is -0.206. The normalized spacial score (nSPS) is 46.0. The summed E-state index contributed by atoms with van der Waals surface area (Å²) in [6, 6.07) is 0. The zero-order valence-electron chi connectivity index (χ0n) is 25.7. The molecule has 220 valence electrons. The van der Waals surface area contributed by atoms with E-state index in [-0.39, 0.29) is 58.1 Å². The van der Waals surface area contributed by atoms with Gasteiger partial charge >= 0.3 is 11.9 Å². The van der Waals surface area contributed by atoms with Crippen LogP contribution in [0.4, 0.5) is 0 Å². The fourth-order valence-corrected chi connectivity index (χ4v) is 11.1. The summed E-state index contributed by atoms with van der Waals surface area (Å²) in [5.41, 5.74) is 1.60. The van der Waals surface area contributed by atoms with E-state index in [0.29, 0.717) is 18.3 Å². The van der Waals surface area contributed by atoms with Gasteiger partial charge < -0.3 is 14.9 Å². The van der Waals surface area contributed by atoms with Crippen LogP contribution in [0.2, 0.25) is 0 Å². The molecule has 0 aromatic rings. The number of esters is 1. The molecule has 0 aliphatic heterocycles. The Balaban J connectivity index is 1.50. The number of aliphatic hydroxyl groups excluding tert-OH is 1. The lowest BCUT2D eigenvalue weighted by atomic mass is 9.33. The largest absolute Gasteiger partial charge is 0.481 e. The first-order valence-corrected chi connectivity index (χ1v) is 15.8. The van der Waals surface area contributed by atoms with Gasteiger partial charge in [0.1, 0.15) is 0 Å². The Kier molecular flexibility index (Phi) is 6.97. The third-order valence-electron chi connectivity index (χ3n) is 13.8. The molecule has 2 N–H and O–H groups in total. The molecule has 5 heteroatoms. The molecule has 0 spiro atoms. The summed E-state index contributed by atoms with van der Waals surface area (Å²) in [5.74, 6) is 0.380. The van der Waals surface area contributed by atoms with Crippen molar-refractivity contribution in [1.82, 2.24) is 0 Å². The maximum Gasteiger partial charge on any atom is 0.312 e. The molecule has 5 rings (SSSR count). The monoisotopic (exact) mass is 542 g/mol. The summed E-state index contributed by atoms with van der Waals surface area (Å²) in [7, 11) is 0. The van der Waals surface area contributed by atoms with Crippen LogP contribution in [0.1, 0.15) is 126 Å². The SMILES string of the molecule is CC1(C)CCC2(C(=O)OCCCC(=O)O)CCC3(C)C(=CCC4C5(C)CCC(O)C(C)(C)C5CCC43C)C2C1. The van der Waals surface area contributed by atoms with Crippen molar-refractivity contribution in [3.8, 4) is 0 Å². The van der Waals surface area contributed by atoms with E-state index in [9.17, 15) is 14.7 Å². The number of carbonyl (C=O) groups is 2. The minimum atomic E-state index is -0.843. The lowest BCUT2D eigenvalue weighted by Crippen LogP contribution is -2.65. The molecule has 0 heterocycles. The van der Waals surface area contributed by atoms with Gasteiger partial charge in [-0.05, 0) is 115 Å². The Morgan fingerprint density at radius 1 is 0.923 bits per heavy atom. The van der Waals surface area contributed by atoms with Gasteiger partial charge in [0, 0.05) is 6.42 Å². The summed E-state index contributed by atoms with van der Waals surface area (Å²) in [4.78, 5) is 24.9. The highest BCUT2D eigenvalue weighted by molar-refractivity contribution is 5.79. The van der Waals surface area contributed by atoms with Gasteiger partial charge in [-0.25, -0.2) is 0 Å². The van der Waals surface area contributed by atoms with Gasteiger partial charge in [-0.1, -0.05) is 60.1 Å². The van der Waals surface area contributed by atoms with Gasteiger partial charge in [0.25, 0.3) is 0 Å². The highest BCUT2D eigenvalue weighted by Gasteiger charge is 2.69. The molecule has 4 saturated carbocycles. The summed E-state index contributed by atoms with van der Waals surface area (Å²) in [5, 5.41) is 20.0. The second-order valence-corrected chi connectivity index (χ2v) is 16.4. The number of carboxylic acid groups (broad SMARTS) is 1. The molecule has 8 atom stereocenters. The van der Waals surface area contributed by atoms with Crippen molar-refractivity contribution in [2.75, 3.05) is 6.61 Å². The number of carbonyl (C=O) groups excluding carboxylic acids is 1. The second-order valence-electron chi connectivity index (χ2n) is 16.4. The third kappa shape index (κ3) is 4.17. The van der Waals surface area contributed by atoms with Gasteiger partial charge in [-0.3, -0.25) is 9.59 Å². The van der Waals surface area contributed by atoms with Crippen molar-refractivity contribution >= 4 is 11.9 Å². The first-order valence-electron chi connectivity index (χ1n) is 15.8. The maximum absolute atomic E-state index is 13.9. The predicted octanol–water partition coefficient (Wildman–Crippen LogP) is 7.56. The molecule has 0 aromatic heterocycles. The summed E-state index contributed by atoms with van der Waals surface area (Å²) in [6.45, 7) is 17.2. The van der Waals surface area contributed by atoms with Crippen molar-refractivity contribution in [3.05, 3.63) is 11.6 Å². The van der Waals surface area contributed by atoms with Gasteiger partial charge in [0.15, 0.2) is 0 Å². The van der Waals surface area contributed by atoms with E-state index in [0.717, 1.165) is 51.4 Å². The molecule has 8 unspecified atom stereocenters. The summed E-state index contributed by atoms with van der Waals surface area (Å²) >= 11 is 0. The molecule has 5 nitrogen and oxygen atoms in total. The van der Waals surface area contributed by atoms with Crippen molar-refractivity contribution in [3.63, 3.8) is 0 Å². The highest BCUT2D eigenvalue weighted by Crippen LogP contribution is 2.75. The molecule has 39 heavy (non-hydrogen) atoms. The van der Waals surface area contributed by atoms with Crippen LogP contribution in [0.3, 0.4) is 0 Å². The lowest BCUT2D eigenvalue weighted by Gasteiger charge is -2.71. The number of aliphatic carboxylic acids is 1. The quantitative estimate of drug-likeness (QED) is 0.213. The highest BCUT2D eigenvalue weighted by atomic mass is 16.5. The Morgan fingerprint density at radius 2 is 1.62 bits per heavy atom. The molecule has 0 saturated heterocycles. The van der Waals surface area contributed by atoms with Gasteiger partial charge in [0.2, 0.25) is 0 Å². The minimum Gasteiger partial charge on any atom is -0.481 e. The van der Waals surface area contributed by atoms with Crippen LogP contribution in [-0.2, 0) is 14.3 Å². The Morgan fingerprint density at radius 3 is 2.31 bits per heavy atom. The Bertz CT molecular complexity index is 1040. The molecule has 0 amide bonds. The predicted molar refractivity (Wildman–Crippen MR) is 153 cm³/mol. The summed E-state index contributed by atoms with van der Waals surface area (Å²) < 4.78 is 5.87. The van der Waals surface area contributed by atoms with Crippen molar-refractivity contribution in [2.24, 2.45) is 50.2 Å². The smallest absolute Gasteiger partial charge is 0.312 e. The average Bonchev–Trinajstić information content (AvgIpc) is 2.84. The average molecular weight is 543 g/mol. The number of hydrogen-bond donors (Lipinski definition) is 2. The third-order valence-corrected chi connectivity index (χ3v) is 13.8. The zero-order valence-corrected chi connectivity index (χ0v) is 25.7. The molecule has 5 aliphatic rings. The first kappa shape index (κ1) is 29.1. The van der Waals surface area contributed by atoms with E-state index < -0.39 is 11.4 Å². The van der Waals surface area contributed by atoms with E-state index in [4.69, 9.17) is 9.84 Å². The van der Waals surface area contributed by atoms with Crippen LogP contribution >= 0.6 is 0 Å². The number of ether oxygens (including phenoxy) is 1. The van der Waals surface area contributed by atoms with Crippen LogP contribution in [0.25, 0.3) is 0 Å². The van der Waals surface area contributed by atoms with Gasteiger partial charge in [-0.2, -0.15) is 0 Å². The minimum absolute atomic E-state index is 0.0350. The van der Waals surface area contributed by atoms with E-state index >= 15 is 0 Å². The molecule has 4 fully saturated rings. The van der Waals surface area contributed by atoms with Crippen molar-refractivity contribution < 1.29 is 24.5 Å². The van der Waals surface area contributed by atoms with Gasteiger partial charge in [0.05, 0.1) is 18.1 Å². The van der Waals surface area contributed by atoms with Crippen molar-refractivity contribution in [2.45, 2.75) is 132 Å². The molecular weight excluding hydrogens is 488 g/mol. The number of fused-ring (bicyclic) bond motifs is 7. The number of allylic oxidation sites excluding steroid dienone is 2. The Labute approximate surface area is 236 Å². The topological polar surface area (TPSA) is 83.8 Å². The number of carboxylic acids is 1. The molecule has 0 radical (unpaired) electrons. The number of aliphatic hydroxyl groups is 1. The van der Waals surface area contributed by atoms with Crippen LogP contribution in [0, 0.1) is 50.2 Å². The maximum atomic E-state index is 13.9. The zero-order chi connectivity index (χ0) is 28.6. The van der Waals surface area contributed by atoms with Crippen LogP contribution in [0.15, 0.2) is 11.6 Å². The van der Waals surface area contributed by atoms with Gasteiger partial charge in [-0.15, -0.1) is 0 Å². The van der Waals surface area contributed by atoms with E-state index in [1.807, 2.05) is 0 Å². The van der Waals surface area contributed by atoms with E-state index in [1.165, 1.54) is 18.4 Å². The van der Waals surface area contributed by atoms with Crippen LogP contribution in [0.5, 0.6) is 0 Å². The van der Waals surface area contributed by atoms with E-state index in [1.54, 1.807) is 0 Å². The molecular formula is C34H54O5. The van der Waals surface area contributed by atoms with Crippen LogP contribution < -0.4 is 0 Å². The standard InChI is InChI=1S/C34H54O5/c1-29(2)16-18-34(28(38)39-20-8-9-27(36)37)19-17-32(6)22(23(34)21-29)10-11-25-31(5)14-13-26(35)30(3,4)24(31)12-15-33(25,32)7/h10,23-26,35H,8-9,11-21H2,1-7H3,(H,36,37). The van der Waals surface area contributed by atoms with Crippen LogP contribution in [-0.4, -0.2) is 34.9 Å². The number of rotatable bonds is 5. The fraction of sp³-hybridized carbons (Fsp3) is 0.882. The van der Waals surface area contributed by atoms with Crippen molar-refractivity contribution in [1.29, 1.82) is 0 Å².